The standard InChI is InChI=1S/C10H15NO2.4ClH.Pd/c1-2-11-7-10(13)8-3-5-9(12)6-4-8;;;;;/h3-6,10-13H,2,7H2,1H3;4*1H;/q;;;;;+4/p-4. The van der Waals surface area contributed by atoms with Gasteiger partial charge in [0.2, 0.25) is 0 Å². The summed E-state index contributed by atoms with van der Waals surface area (Å²) in [4.78, 5) is 0. The average molecular weight is 429 g/mol. The molecule has 1 atom stereocenters. The van der Waals surface area contributed by atoms with Crippen LogP contribution >= 0.6 is 38.1 Å². The molecule has 110 valence electrons. The van der Waals surface area contributed by atoms with E-state index in [-0.39, 0.29) is 5.75 Å². The predicted octanol–water partition coefficient (Wildman–Crippen LogP) is 3.79. The molecule has 1 aromatic carbocycles. The van der Waals surface area contributed by atoms with Crippen LogP contribution in [0.3, 0.4) is 0 Å². The quantitative estimate of drug-likeness (QED) is 0.639. The topological polar surface area (TPSA) is 52.5 Å². The van der Waals surface area contributed by atoms with Gasteiger partial charge in [0.05, 0.1) is 6.10 Å². The van der Waals surface area contributed by atoms with Crippen molar-refractivity contribution < 1.29 is 21.7 Å². The minimum absolute atomic E-state index is 0.222. The Kier molecular flexibility index (Phi) is 10.0. The predicted molar refractivity (Wildman–Crippen MR) is 75.0 cm³/mol. The number of hydrogen-bond donors (Lipinski definition) is 3. The summed E-state index contributed by atoms with van der Waals surface area (Å²) in [5.74, 6) is 0.222. The van der Waals surface area contributed by atoms with E-state index in [2.05, 4.69) is 5.32 Å². The first-order valence-electron chi connectivity index (χ1n) is 4.89. The SMILES string of the molecule is CCNCC(O)c1ccc(O)cc1.[Cl][Pd]([Cl])([Cl])[Cl]. The van der Waals surface area contributed by atoms with Gasteiger partial charge in [-0.2, -0.15) is 0 Å². The number of halogens is 4. The molecule has 0 amide bonds. The number of hydrogen-bond acceptors (Lipinski definition) is 3. The van der Waals surface area contributed by atoms with Crippen LogP contribution in [0.4, 0.5) is 0 Å². The first-order chi connectivity index (χ1) is 8.24. The molecule has 1 aromatic rings. The Morgan fingerprint density at radius 3 is 2.00 bits per heavy atom. The van der Waals surface area contributed by atoms with Gasteiger partial charge in [0.25, 0.3) is 0 Å². The number of phenolic OH excluding ortho intramolecular Hbond substituents is 1. The van der Waals surface area contributed by atoms with Crippen molar-refractivity contribution in [2.45, 2.75) is 13.0 Å². The molecular formula is C10H15Cl4NO2Pd. The zero-order chi connectivity index (χ0) is 14.2. The van der Waals surface area contributed by atoms with E-state index >= 15 is 0 Å². The Balaban J connectivity index is 0.000000494. The summed E-state index contributed by atoms with van der Waals surface area (Å²) in [6.07, 6.45) is -0.499. The molecule has 0 spiro atoms. The third-order valence-corrected chi connectivity index (χ3v) is 1.87. The van der Waals surface area contributed by atoms with Gasteiger partial charge in [-0.3, -0.25) is 0 Å². The number of likely N-dealkylation sites (N-methyl/N-ethyl adjacent to an activating group) is 1. The summed E-state index contributed by atoms with van der Waals surface area (Å²) < 4.78 is 0. The van der Waals surface area contributed by atoms with Gasteiger partial charge in [-0.1, -0.05) is 19.1 Å². The fourth-order valence-electron chi connectivity index (χ4n) is 1.10. The average Bonchev–Trinajstić information content (AvgIpc) is 2.24. The molecule has 8 heteroatoms. The molecule has 18 heavy (non-hydrogen) atoms. The summed E-state index contributed by atoms with van der Waals surface area (Å²) in [6, 6.07) is 6.59. The Labute approximate surface area is 126 Å². The number of aliphatic hydroxyl groups is 1. The number of aliphatic hydroxyl groups excluding tert-OH is 1. The van der Waals surface area contributed by atoms with Crippen molar-refractivity contribution in [1.29, 1.82) is 0 Å². The van der Waals surface area contributed by atoms with Gasteiger partial charge in [0.1, 0.15) is 5.75 Å². The number of benzene rings is 1. The van der Waals surface area contributed by atoms with Crippen LogP contribution in [0.2, 0.25) is 0 Å². The van der Waals surface area contributed by atoms with E-state index in [0.29, 0.717) is 6.54 Å². The van der Waals surface area contributed by atoms with Crippen molar-refractivity contribution in [3.63, 3.8) is 0 Å². The molecule has 0 aromatic heterocycles. The van der Waals surface area contributed by atoms with Crippen molar-refractivity contribution in [3.05, 3.63) is 29.8 Å². The van der Waals surface area contributed by atoms with Crippen molar-refractivity contribution in [3.8, 4) is 5.75 Å². The Morgan fingerprint density at radius 1 is 1.17 bits per heavy atom. The maximum absolute atomic E-state index is 9.60. The molecule has 0 aliphatic heterocycles. The van der Waals surface area contributed by atoms with E-state index in [4.69, 9.17) is 43.2 Å². The summed E-state index contributed by atoms with van der Waals surface area (Å²) in [5, 5.41) is 21.7. The number of aromatic hydroxyl groups is 1. The molecular weight excluding hydrogens is 414 g/mol. The molecule has 0 aliphatic rings. The number of nitrogens with one attached hydrogen (secondary N) is 1. The molecule has 3 N–H and O–H groups in total. The molecule has 0 saturated carbocycles. The van der Waals surface area contributed by atoms with Crippen molar-refractivity contribution in [2.24, 2.45) is 0 Å². The van der Waals surface area contributed by atoms with Gasteiger partial charge in [-0.15, -0.1) is 0 Å². The van der Waals surface area contributed by atoms with E-state index in [1.165, 1.54) is 0 Å². The third-order valence-electron chi connectivity index (χ3n) is 1.87. The summed E-state index contributed by atoms with van der Waals surface area (Å²) in [5.41, 5.74) is 0.818. The van der Waals surface area contributed by atoms with Crippen molar-refractivity contribution >= 4 is 38.1 Å². The van der Waals surface area contributed by atoms with Crippen LogP contribution in [0.25, 0.3) is 0 Å². The van der Waals surface area contributed by atoms with Crippen LogP contribution in [-0.2, 0) is 11.5 Å². The first-order valence-corrected chi connectivity index (χ1v) is 12.9. The zero-order valence-corrected chi connectivity index (χ0v) is 14.1. The second-order valence-electron chi connectivity index (χ2n) is 3.19. The van der Waals surface area contributed by atoms with Gasteiger partial charge in [0.15, 0.2) is 0 Å². The third kappa shape index (κ3) is 11.8. The Bertz CT molecular complexity index is 326. The number of phenols is 1. The number of rotatable bonds is 4. The van der Waals surface area contributed by atoms with Crippen LogP contribution in [0, 0.1) is 0 Å². The molecule has 3 nitrogen and oxygen atoms in total. The zero-order valence-electron chi connectivity index (χ0n) is 9.52. The van der Waals surface area contributed by atoms with E-state index in [1.807, 2.05) is 6.92 Å². The molecule has 0 heterocycles. The minimum atomic E-state index is -2.81. The maximum atomic E-state index is 9.60. The van der Waals surface area contributed by atoms with Crippen LogP contribution in [-0.4, -0.2) is 23.3 Å². The van der Waals surface area contributed by atoms with Crippen LogP contribution in [0.5, 0.6) is 5.75 Å². The molecule has 0 radical (unpaired) electrons. The summed E-state index contributed by atoms with van der Waals surface area (Å²) in [6.45, 7) is 3.37. The summed E-state index contributed by atoms with van der Waals surface area (Å²) >= 11 is -2.81. The second-order valence-corrected chi connectivity index (χ2v) is 17.3. The van der Waals surface area contributed by atoms with Gasteiger partial charge >= 0.3 is 49.6 Å². The Hall–Kier alpha value is 0.762. The van der Waals surface area contributed by atoms with Gasteiger partial charge in [-0.25, -0.2) is 0 Å². The Morgan fingerprint density at radius 2 is 1.61 bits per heavy atom. The fraction of sp³-hybridized carbons (Fsp3) is 0.400. The molecule has 0 fully saturated rings. The van der Waals surface area contributed by atoms with Crippen molar-refractivity contribution in [2.75, 3.05) is 13.1 Å². The molecule has 1 unspecified atom stereocenters. The summed E-state index contributed by atoms with van der Waals surface area (Å²) in [7, 11) is 19.9. The normalized spacial score (nSPS) is 13.4. The van der Waals surface area contributed by atoms with E-state index < -0.39 is 17.6 Å². The van der Waals surface area contributed by atoms with Gasteiger partial charge < -0.3 is 15.5 Å². The van der Waals surface area contributed by atoms with Crippen LogP contribution in [0.15, 0.2) is 24.3 Å². The van der Waals surface area contributed by atoms with Gasteiger partial charge in [0, 0.05) is 6.54 Å². The fourth-order valence-corrected chi connectivity index (χ4v) is 1.10. The second kappa shape index (κ2) is 9.63. The van der Waals surface area contributed by atoms with Crippen molar-refractivity contribution in [1.82, 2.24) is 5.32 Å². The first kappa shape index (κ1) is 18.8. The monoisotopic (exact) mass is 427 g/mol. The van der Waals surface area contributed by atoms with Gasteiger partial charge in [-0.05, 0) is 24.2 Å². The van der Waals surface area contributed by atoms with Crippen LogP contribution < -0.4 is 5.32 Å². The van der Waals surface area contributed by atoms with E-state index in [9.17, 15) is 5.11 Å². The molecule has 0 saturated heterocycles. The van der Waals surface area contributed by atoms with E-state index in [1.54, 1.807) is 24.3 Å². The molecule has 1 rings (SSSR count). The van der Waals surface area contributed by atoms with Crippen LogP contribution in [0.1, 0.15) is 18.6 Å². The molecule has 0 bridgehead atoms. The molecule has 0 aliphatic carbocycles. The van der Waals surface area contributed by atoms with E-state index in [0.717, 1.165) is 12.1 Å².